The minimum atomic E-state index is -1.37. The third-order valence-electron chi connectivity index (χ3n) is 1.95. The van der Waals surface area contributed by atoms with Crippen molar-refractivity contribution in [1.29, 1.82) is 0 Å². The fourth-order valence-electron chi connectivity index (χ4n) is 1.12. The molecule has 0 heterocycles. The summed E-state index contributed by atoms with van der Waals surface area (Å²) in [6.45, 7) is 0. The first-order valence-electron chi connectivity index (χ1n) is 4.84. The van der Waals surface area contributed by atoms with Crippen LogP contribution in [-0.4, -0.2) is 0 Å². The van der Waals surface area contributed by atoms with E-state index in [1.165, 1.54) is 0 Å². The number of halogens is 2. The fraction of sp³-hybridized carbons (Fsp3) is 0. The van der Waals surface area contributed by atoms with Gasteiger partial charge >= 0.3 is 123 Å². The van der Waals surface area contributed by atoms with Gasteiger partial charge in [0.25, 0.3) is 0 Å². The van der Waals surface area contributed by atoms with Gasteiger partial charge in [-0.25, -0.2) is 0 Å². The Hall–Kier alpha value is -0.497. The van der Waals surface area contributed by atoms with Gasteiger partial charge in [0, 0.05) is 0 Å². The maximum absolute atomic E-state index is 5.77. The predicted molar refractivity (Wildman–Crippen MR) is 64.2 cm³/mol. The van der Waals surface area contributed by atoms with Crippen molar-refractivity contribution in [3.05, 3.63) is 58.6 Å². The van der Waals surface area contributed by atoms with E-state index in [-0.39, 0.29) is 0 Å². The van der Waals surface area contributed by atoms with E-state index in [2.05, 4.69) is 0 Å². The minimum absolute atomic E-state index is 0.696. The van der Waals surface area contributed by atoms with E-state index in [4.69, 9.17) is 28.8 Å². The molecule has 0 spiro atoms. The van der Waals surface area contributed by atoms with E-state index in [1.807, 2.05) is 24.3 Å². The molecule has 0 atom stereocenters. The van der Waals surface area contributed by atoms with Crippen LogP contribution in [0.5, 0.6) is 11.5 Å². The molecule has 0 saturated heterocycles. The van der Waals surface area contributed by atoms with E-state index in [0.717, 1.165) is 11.5 Å². The van der Waals surface area contributed by atoms with Crippen LogP contribution in [0.4, 0.5) is 0 Å². The van der Waals surface area contributed by atoms with Gasteiger partial charge in [-0.05, 0) is 0 Å². The van der Waals surface area contributed by atoms with Gasteiger partial charge in [0.2, 0.25) is 0 Å². The van der Waals surface area contributed by atoms with Crippen LogP contribution in [0.15, 0.2) is 48.5 Å². The Morgan fingerprint density at radius 1 is 0.647 bits per heavy atom. The number of hydrogen-bond acceptors (Lipinski definition) is 2. The molecule has 2 nitrogen and oxygen atoms in total. The van der Waals surface area contributed by atoms with Crippen LogP contribution < -0.4 is 5.63 Å². The summed E-state index contributed by atoms with van der Waals surface area (Å²) in [5, 5.41) is 1.39. The van der Waals surface area contributed by atoms with Crippen molar-refractivity contribution in [2.24, 2.45) is 0 Å². The second-order valence-corrected chi connectivity index (χ2v) is 5.48. The molecule has 0 aliphatic rings. The zero-order chi connectivity index (χ0) is 12.1. The van der Waals surface area contributed by atoms with Crippen LogP contribution in [0.3, 0.4) is 0 Å². The molecule has 0 fully saturated rings. The topological polar surface area (TPSA) is 18.5 Å². The normalized spacial score (nSPS) is 9.76. The van der Waals surface area contributed by atoms with E-state index in [0.29, 0.717) is 10.0 Å². The molecule has 0 saturated carbocycles. The molecule has 0 aliphatic heterocycles. The number of hydrogen-bond donors (Lipinski definition) is 0. The van der Waals surface area contributed by atoms with E-state index in [1.54, 1.807) is 24.3 Å². The first-order chi connectivity index (χ1) is 8.24. The zero-order valence-corrected chi connectivity index (χ0v) is 12.7. The van der Waals surface area contributed by atoms with Crippen molar-refractivity contribution >= 4 is 23.2 Å². The van der Waals surface area contributed by atoms with E-state index in [9.17, 15) is 0 Å². The van der Waals surface area contributed by atoms with Crippen LogP contribution in [0.1, 0.15) is 0 Å². The van der Waals surface area contributed by atoms with E-state index >= 15 is 0 Å². The molecular formula is C12H8Cl2O2Zr. The molecule has 86 valence electrons. The molecule has 2 aromatic carbocycles. The quantitative estimate of drug-likeness (QED) is 0.819. The summed E-state index contributed by atoms with van der Waals surface area (Å²) in [6.07, 6.45) is 0. The maximum atomic E-state index is 5.77. The van der Waals surface area contributed by atoms with Gasteiger partial charge in [-0.3, -0.25) is 0 Å². The van der Waals surface area contributed by atoms with Crippen LogP contribution >= 0.6 is 23.2 Å². The van der Waals surface area contributed by atoms with Gasteiger partial charge in [-0.2, -0.15) is 0 Å². The molecular weight excluding hydrogens is 338 g/mol. The summed E-state index contributed by atoms with van der Waals surface area (Å²) >= 11 is 10.2. The first kappa shape index (κ1) is 12.9. The second kappa shape index (κ2) is 6.44. The Balaban J connectivity index is 1.83. The van der Waals surface area contributed by atoms with Crippen LogP contribution in [-0.2, 0) is 24.1 Å². The third kappa shape index (κ3) is 4.35. The van der Waals surface area contributed by atoms with Crippen LogP contribution in [0.2, 0.25) is 10.0 Å². The molecule has 17 heavy (non-hydrogen) atoms. The van der Waals surface area contributed by atoms with Crippen LogP contribution in [0.25, 0.3) is 0 Å². The Bertz CT molecular complexity index is 425. The summed E-state index contributed by atoms with van der Waals surface area (Å²) in [4.78, 5) is 0. The van der Waals surface area contributed by atoms with Gasteiger partial charge in [0.1, 0.15) is 0 Å². The van der Waals surface area contributed by atoms with Crippen molar-refractivity contribution in [3.63, 3.8) is 0 Å². The molecule has 0 radical (unpaired) electrons. The van der Waals surface area contributed by atoms with Gasteiger partial charge in [-0.15, -0.1) is 0 Å². The summed E-state index contributed by atoms with van der Waals surface area (Å²) in [6, 6.07) is 14.5. The second-order valence-electron chi connectivity index (χ2n) is 3.20. The summed E-state index contributed by atoms with van der Waals surface area (Å²) < 4.78 is 11.1. The van der Waals surface area contributed by atoms with E-state index < -0.39 is 24.1 Å². The Kier molecular flexibility index (Phi) is 4.90. The average Bonchev–Trinajstić information content (AvgIpc) is 2.34. The van der Waals surface area contributed by atoms with Crippen molar-refractivity contribution in [2.45, 2.75) is 0 Å². The van der Waals surface area contributed by atoms with Crippen molar-refractivity contribution in [3.8, 4) is 11.5 Å². The average molecular weight is 346 g/mol. The molecule has 2 aromatic rings. The molecule has 5 heteroatoms. The monoisotopic (exact) mass is 344 g/mol. The Morgan fingerprint density at radius 3 is 1.35 bits per heavy atom. The standard InChI is InChI=1S/2C6H5ClO.Zr/c2*7-5-1-3-6(8)4-2-5;/h2*1-4,8H;/q;;+2/p-2. The van der Waals surface area contributed by atoms with Gasteiger partial charge < -0.3 is 0 Å². The molecule has 0 amide bonds. The molecule has 0 bridgehead atoms. The molecule has 0 N–H and O–H groups in total. The van der Waals surface area contributed by atoms with Crippen molar-refractivity contribution < 1.29 is 29.7 Å². The Morgan fingerprint density at radius 2 is 1.00 bits per heavy atom. The zero-order valence-electron chi connectivity index (χ0n) is 8.69. The van der Waals surface area contributed by atoms with Gasteiger partial charge in [-0.1, -0.05) is 0 Å². The van der Waals surface area contributed by atoms with Crippen molar-refractivity contribution in [1.82, 2.24) is 0 Å². The van der Waals surface area contributed by atoms with Crippen LogP contribution in [0, 0.1) is 0 Å². The van der Waals surface area contributed by atoms with Gasteiger partial charge in [0.15, 0.2) is 0 Å². The SMILES string of the molecule is Clc1ccc([O][Zr][O]c2ccc(Cl)cc2)cc1. The summed E-state index contributed by atoms with van der Waals surface area (Å²) in [7, 11) is 0. The summed E-state index contributed by atoms with van der Waals surface area (Å²) in [5.41, 5.74) is 0. The third-order valence-corrected chi connectivity index (χ3v) is 4.02. The molecule has 0 aliphatic carbocycles. The number of benzene rings is 2. The predicted octanol–water partition coefficient (Wildman–Crippen LogP) is 4.36. The molecule has 0 aromatic heterocycles. The Labute approximate surface area is 122 Å². The first-order valence-corrected chi connectivity index (χ1v) is 7.60. The van der Waals surface area contributed by atoms with Crippen molar-refractivity contribution in [2.75, 3.05) is 0 Å². The van der Waals surface area contributed by atoms with Gasteiger partial charge in [0.05, 0.1) is 0 Å². The molecule has 2 rings (SSSR count). The molecule has 0 unspecified atom stereocenters. The fourth-order valence-corrected chi connectivity index (χ4v) is 2.62. The summed E-state index contributed by atoms with van der Waals surface area (Å²) in [5.74, 6) is 1.57. The number of rotatable bonds is 4.